The maximum Gasteiger partial charge on any atom is 0.253 e. The summed E-state index contributed by atoms with van der Waals surface area (Å²) in [6, 6.07) is 0. The van der Waals surface area contributed by atoms with Crippen molar-refractivity contribution >= 4 is 11.8 Å². The number of imide groups is 1. The van der Waals surface area contributed by atoms with Gasteiger partial charge in [0.05, 0.1) is 52.8 Å². The molecule has 1 rings (SSSR count). The van der Waals surface area contributed by atoms with E-state index in [-0.39, 0.29) is 18.4 Å². The van der Waals surface area contributed by atoms with Crippen molar-refractivity contribution in [2.45, 2.75) is 20.3 Å². The van der Waals surface area contributed by atoms with E-state index < -0.39 is 0 Å². The molecule has 0 fully saturated rings. The van der Waals surface area contributed by atoms with E-state index in [1.54, 1.807) is 0 Å². The Morgan fingerprint density at radius 1 is 0.833 bits per heavy atom. The third kappa shape index (κ3) is 9.12. The molecule has 1 atom stereocenters. The molecule has 0 aromatic heterocycles. The summed E-state index contributed by atoms with van der Waals surface area (Å²) < 4.78 is 21.5. The van der Waals surface area contributed by atoms with E-state index in [0.717, 1.165) is 17.9 Å². The van der Waals surface area contributed by atoms with Crippen LogP contribution in [0.1, 0.15) is 20.3 Å². The maximum atomic E-state index is 11.3. The molecule has 0 aromatic carbocycles. The van der Waals surface area contributed by atoms with Crippen LogP contribution in [0.2, 0.25) is 0 Å². The Balaban J connectivity index is 1.78. The first-order chi connectivity index (χ1) is 11.6. The Morgan fingerprint density at radius 3 is 1.79 bits per heavy atom. The Morgan fingerprint density at radius 2 is 1.29 bits per heavy atom. The lowest BCUT2D eigenvalue weighted by atomic mass is 10.1. The molecular weight excluding hydrogens is 314 g/mol. The summed E-state index contributed by atoms with van der Waals surface area (Å²) in [7, 11) is 0. The lowest BCUT2D eigenvalue weighted by Crippen LogP contribution is -2.33. The van der Waals surface area contributed by atoms with Gasteiger partial charge in [-0.1, -0.05) is 20.3 Å². The van der Waals surface area contributed by atoms with E-state index >= 15 is 0 Å². The van der Waals surface area contributed by atoms with Crippen molar-refractivity contribution in [1.29, 1.82) is 0 Å². The van der Waals surface area contributed by atoms with Gasteiger partial charge in [-0.3, -0.25) is 14.5 Å². The molecule has 0 spiro atoms. The number of hydrogen-bond acceptors (Lipinski definition) is 6. The minimum absolute atomic E-state index is 0.268. The maximum absolute atomic E-state index is 11.3. The number of amides is 2. The van der Waals surface area contributed by atoms with Crippen molar-refractivity contribution in [1.82, 2.24) is 4.90 Å². The van der Waals surface area contributed by atoms with Crippen molar-refractivity contribution in [2.24, 2.45) is 5.92 Å². The summed E-state index contributed by atoms with van der Waals surface area (Å²) in [5.41, 5.74) is 0. The van der Waals surface area contributed by atoms with Crippen molar-refractivity contribution in [3.05, 3.63) is 12.2 Å². The Hall–Kier alpha value is -1.28. The van der Waals surface area contributed by atoms with Crippen LogP contribution in [0.4, 0.5) is 0 Å². The first-order valence-corrected chi connectivity index (χ1v) is 8.49. The number of carbonyl (C=O) groups excluding carboxylic acids is 2. The SMILES string of the molecule is CCC(C)COCCOCCOCCOCCN1C(=O)C=CC1=O. The Bertz CT molecular complexity index is 381. The van der Waals surface area contributed by atoms with E-state index in [1.165, 1.54) is 12.2 Å². The molecule has 1 aliphatic heterocycles. The Labute approximate surface area is 143 Å². The minimum atomic E-state index is -0.287. The van der Waals surface area contributed by atoms with Crippen molar-refractivity contribution in [2.75, 3.05) is 59.4 Å². The van der Waals surface area contributed by atoms with Gasteiger partial charge in [0.25, 0.3) is 11.8 Å². The van der Waals surface area contributed by atoms with E-state index in [9.17, 15) is 9.59 Å². The highest BCUT2D eigenvalue weighted by atomic mass is 16.6. The summed E-state index contributed by atoms with van der Waals surface area (Å²) in [5.74, 6) is 0.0153. The van der Waals surface area contributed by atoms with E-state index in [2.05, 4.69) is 13.8 Å². The summed E-state index contributed by atoms with van der Waals surface area (Å²) >= 11 is 0. The largest absolute Gasteiger partial charge is 0.379 e. The van der Waals surface area contributed by atoms with Gasteiger partial charge in [-0.2, -0.15) is 0 Å². The van der Waals surface area contributed by atoms with Gasteiger partial charge in [-0.05, 0) is 5.92 Å². The van der Waals surface area contributed by atoms with Crippen LogP contribution in [0.25, 0.3) is 0 Å². The lowest BCUT2D eigenvalue weighted by Gasteiger charge is -2.13. The van der Waals surface area contributed by atoms with Gasteiger partial charge in [0, 0.05) is 18.8 Å². The fourth-order valence-corrected chi connectivity index (χ4v) is 1.87. The fourth-order valence-electron chi connectivity index (χ4n) is 1.87. The molecule has 0 radical (unpaired) electrons. The predicted octanol–water partition coefficient (Wildman–Crippen LogP) is 1.02. The molecule has 2 amide bonds. The number of ether oxygens (including phenoxy) is 4. The molecule has 138 valence electrons. The van der Waals surface area contributed by atoms with Crippen LogP contribution in [-0.4, -0.2) is 76.1 Å². The number of rotatable bonds is 15. The monoisotopic (exact) mass is 343 g/mol. The molecule has 7 heteroatoms. The summed E-state index contributed by atoms with van der Waals surface area (Å²) in [4.78, 5) is 23.7. The number of nitrogens with zero attached hydrogens (tertiary/aromatic N) is 1. The zero-order chi connectivity index (χ0) is 17.6. The van der Waals surface area contributed by atoms with Gasteiger partial charge in [0.1, 0.15) is 0 Å². The minimum Gasteiger partial charge on any atom is -0.379 e. The molecule has 0 aromatic rings. The lowest BCUT2D eigenvalue weighted by molar-refractivity contribution is -0.137. The quantitative estimate of drug-likeness (QED) is 0.326. The van der Waals surface area contributed by atoms with Crippen molar-refractivity contribution in [3.8, 4) is 0 Å². The van der Waals surface area contributed by atoms with Crippen LogP contribution in [-0.2, 0) is 28.5 Å². The molecule has 1 heterocycles. The van der Waals surface area contributed by atoms with Crippen LogP contribution in [0.3, 0.4) is 0 Å². The highest BCUT2D eigenvalue weighted by Crippen LogP contribution is 2.02. The molecular formula is C17H29NO6. The predicted molar refractivity (Wildman–Crippen MR) is 88.6 cm³/mol. The topological polar surface area (TPSA) is 74.3 Å². The van der Waals surface area contributed by atoms with Gasteiger partial charge < -0.3 is 18.9 Å². The van der Waals surface area contributed by atoms with E-state index in [4.69, 9.17) is 18.9 Å². The number of carbonyl (C=O) groups is 2. The highest BCUT2D eigenvalue weighted by Gasteiger charge is 2.22. The van der Waals surface area contributed by atoms with Crippen molar-refractivity contribution in [3.63, 3.8) is 0 Å². The van der Waals surface area contributed by atoms with Gasteiger partial charge in [-0.25, -0.2) is 0 Å². The second kappa shape index (κ2) is 13.1. The molecule has 1 aliphatic rings. The third-order valence-electron chi connectivity index (χ3n) is 3.58. The average molecular weight is 343 g/mol. The second-order valence-electron chi connectivity index (χ2n) is 5.59. The van der Waals surface area contributed by atoms with Crippen LogP contribution < -0.4 is 0 Å². The molecule has 0 saturated heterocycles. The van der Waals surface area contributed by atoms with Gasteiger partial charge in [-0.15, -0.1) is 0 Å². The van der Waals surface area contributed by atoms with Crippen LogP contribution in [0, 0.1) is 5.92 Å². The van der Waals surface area contributed by atoms with Gasteiger partial charge in [0.2, 0.25) is 0 Å². The molecule has 24 heavy (non-hydrogen) atoms. The van der Waals surface area contributed by atoms with Crippen LogP contribution in [0.15, 0.2) is 12.2 Å². The zero-order valence-electron chi connectivity index (χ0n) is 14.7. The first-order valence-electron chi connectivity index (χ1n) is 8.49. The van der Waals surface area contributed by atoms with Gasteiger partial charge in [0.15, 0.2) is 0 Å². The highest BCUT2D eigenvalue weighted by molar-refractivity contribution is 6.12. The van der Waals surface area contributed by atoms with Crippen LogP contribution >= 0.6 is 0 Å². The average Bonchev–Trinajstić information content (AvgIpc) is 2.90. The summed E-state index contributed by atoms with van der Waals surface area (Å²) in [6.07, 6.45) is 3.65. The smallest absolute Gasteiger partial charge is 0.253 e. The van der Waals surface area contributed by atoms with E-state index in [0.29, 0.717) is 52.2 Å². The number of hydrogen-bond donors (Lipinski definition) is 0. The first kappa shape index (κ1) is 20.8. The summed E-state index contributed by atoms with van der Waals surface area (Å²) in [6.45, 7) is 8.74. The zero-order valence-corrected chi connectivity index (χ0v) is 14.7. The molecule has 0 aliphatic carbocycles. The van der Waals surface area contributed by atoms with E-state index in [1.807, 2.05) is 0 Å². The normalized spacial score (nSPS) is 15.5. The molecule has 0 bridgehead atoms. The molecule has 1 unspecified atom stereocenters. The Kier molecular flexibility index (Phi) is 11.3. The fraction of sp³-hybridized carbons (Fsp3) is 0.765. The standard InChI is InChI=1S/C17H29NO6/c1-3-15(2)14-24-13-12-23-11-10-22-9-8-21-7-6-18-16(19)4-5-17(18)20/h4-5,15H,3,6-14H2,1-2H3. The molecule has 7 nitrogen and oxygen atoms in total. The van der Waals surface area contributed by atoms with Crippen molar-refractivity contribution < 1.29 is 28.5 Å². The van der Waals surface area contributed by atoms with Gasteiger partial charge >= 0.3 is 0 Å². The van der Waals surface area contributed by atoms with Crippen LogP contribution in [0.5, 0.6) is 0 Å². The molecule has 0 saturated carbocycles. The summed E-state index contributed by atoms with van der Waals surface area (Å²) in [5, 5.41) is 0. The third-order valence-corrected chi connectivity index (χ3v) is 3.58. The second-order valence-corrected chi connectivity index (χ2v) is 5.59. The molecule has 0 N–H and O–H groups in total.